The molecule has 1 fully saturated rings. The van der Waals surface area contributed by atoms with Crippen LogP contribution in [0.2, 0.25) is 5.02 Å². The van der Waals surface area contributed by atoms with Gasteiger partial charge < -0.3 is 5.73 Å². The minimum absolute atomic E-state index is 0.0246. The first-order chi connectivity index (χ1) is 11.0. The first-order valence-corrected chi connectivity index (χ1v) is 8.06. The van der Waals surface area contributed by atoms with Gasteiger partial charge in [-0.3, -0.25) is 9.59 Å². The Labute approximate surface area is 141 Å². The van der Waals surface area contributed by atoms with Gasteiger partial charge in [0.05, 0.1) is 10.3 Å². The maximum Gasteiger partial charge on any atom is 0.247 e. The van der Waals surface area contributed by atoms with Gasteiger partial charge in [-0.2, -0.15) is 0 Å². The maximum atomic E-state index is 14.0. The Hall–Kier alpha value is -2.05. The van der Waals surface area contributed by atoms with Crippen molar-refractivity contribution < 1.29 is 14.0 Å². The van der Waals surface area contributed by atoms with E-state index in [-0.39, 0.29) is 17.1 Å². The summed E-state index contributed by atoms with van der Waals surface area (Å²) in [5, 5.41) is -0.626. The van der Waals surface area contributed by atoms with Crippen molar-refractivity contribution in [2.24, 2.45) is 0 Å². The zero-order valence-corrected chi connectivity index (χ0v) is 13.4. The van der Waals surface area contributed by atoms with Crippen molar-refractivity contribution in [1.82, 2.24) is 0 Å². The highest BCUT2D eigenvalue weighted by atomic mass is 35.5. The molecule has 2 aromatic carbocycles. The molecule has 0 aliphatic carbocycles. The monoisotopic (exact) mass is 350 g/mol. The molecule has 23 heavy (non-hydrogen) atoms. The second kappa shape index (κ2) is 6.22. The van der Waals surface area contributed by atoms with E-state index in [2.05, 4.69) is 0 Å². The van der Waals surface area contributed by atoms with E-state index < -0.39 is 22.9 Å². The fourth-order valence-electron chi connectivity index (χ4n) is 2.37. The van der Waals surface area contributed by atoms with E-state index in [0.717, 1.165) is 11.0 Å². The van der Waals surface area contributed by atoms with Crippen LogP contribution in [0.25, 0.3) is 0 Å². The van der Waals surface area contributed by atoms with Crippen LogP contribution in [0.5, 0.6) is 0 Å². The summed E-state index contributed by atoms with van der Waals surface area (Å²) in [6.45, 7) is 0. The SMILES string of the molecule is Nc1ccccc1SC1CC(=O)N(c2c(F)cccc2Cl)C1=O. The van der Waals surface area contributed by atoms with Crippen molar-refractivity contribution in [2.75, 3.05) is 10.6 Å². The van der Waals surface area contributed by atoms with Crippen LogP contribution >= 0.6 is 23.4 Å². The van der Waals surface area contributed by atoms with E-state index in [0.29, 0.717) is 10.6 Å². The number of nitrogen functional groups attached to an aromatic ring is 1. The number of rotatable bonds is 3. The summed E-state index contributed by atoms with van der Waals surface area (Å²) in [4.78, 5) is 26.3. The number of carbonyl (C=O) groups is 2. The highest BCUT2D eigenvalue weighted by Gasteiger charge is 2.42. The van der Waals surface area contributed by atoms with E-state index in [1.165, 1.54) is 23.9 Å². The Kier molecular flexibility index (Phi) is 4.28. The molecule has 4 nitrogen and oxygen atoms in total. The molecular weight excluding hydrogens is 339 g/mol. The van der Waals surface area contributed by atoms with Crippen molar-refractivity contribution in [3.05, 3.63) is 53.3 Å². The second-order valence-corrected chi connectivity index (χ2v) is 6.64. The smallest absolute Gasteiger partial charge is 0.247 e. The lowest BCUT2D eigenvalue weighted by atomic mass is 10.3. The third-order valence-corrected chi connectivity index (χ3v) is 5.04. The largest absolute Gasteiger partial charge is 0.398 e. The molecule has 0 aromatic heterocycles. The summed E-state index contributed by atoms with van der Waals surface area (Å²) >= 11 is 7.16. The van der Waals surface area contributed by atoms with Crippen LogP contribution in [0.3, 0.4) is 0 Å². The second-order valence-electron chi connectivity index (χ2n) is 4.99. The number of nitrogens with two attached hydrogens (primary N) is 1. The average Bonchev–Trinajstić information content (AvgIpc) is 2.77. The zero-order valence-electron chi connectivity index (χ0n) is 11.8. The molecule has 0 saturated carbocycles. The van der Waals surface area contributed by atoms with Gasteiger partial charge in [0.1, 0.15) is 11.5 Å². The molecule has 3 rings (SSSR count). The molecule has 0 bridgehead atoms. The van der Waals surface area contributed by atoms with Gasteiger partial charge >= 0.3 is 0 Å². The van der Waals surface area contributed by atoms with Gasteiger partial charge in [-0.1, -0.05) is 29.8 Å². The molecule has 2 amide bonds. The van der Waals surface area contributed by atoms with Gasteiger partial charge in [0.2, 0.25) is 11.8 Å². The van der Waals surface area contributed by atoms with Crippen LogP contribution in [-0.4, -0.2) is 17.1 Å². The van der Waals surface area contributed by atoms with Gasteiger partial charge in [-0.15, -0.1) is 11.8 Å². The van der Waals surface area contributed by atoms with Gasteiger partial charge in [0, 0.05) is 17.0 Å². The number of benzene rings is 2. The summed E-state index contributed by atoms with van der Waals surface area (Å²) in [5.41, 5.74) is 6.20. The minimum Gasteiger partial charge on any atom is -0.398 e. The summed E-state index contributed by atoms with van der Waals surface area (Å²) in [6, 6.07) is 11.1. The zero-order chi connectivity index (χ0) is 16.6. The number of hydrogen-bond acceptors (Lipinski definition) is 4. The van der Waals surface area contributed by atoms with Crippen molar-refractivity contribution in [3.8, 4) is 0 Å². The van der Waals surface area contributed by atoms with Gasteiger partial charge in [0.25, 0.3) is 0 Å². The average molecular weight is 351 g/mol. The normalized spacial score (nSPS) is 17.8. The summed E-state index contributed by atoms with van der Waals surface area (Å²) in [5.74, 6) is -1.67. The van der Waals surface area contributed by atoms with Crippen molar-refractivity contribution in [1.29, 1.82) is 0 Å². The summed E-state index contributed by atoms with van der Waals surface area (Å²) in [6.07, 6.45) is -0.0253. The van der Waals surface area contributed by atoms with Gasteiger partial charge in [0.15, 0.2) is 0 Å². The Bertz CT molecular complexity index is 779. The number of anilines is 2. The third-order valence-electron chi connectivity index (χ3n) is 3.45. The minimum atomic E-state index is -0.705. The molecule has 0 radical (unpaired) electrons. The topological polar surface area (TPSA) is 63.4 Å². The number of nitrogens with zero attached hydrogens (tertiary/aromatic N) is 1. The number of hydrogen-bond donors (Lipinski definition) is 1. The summed E-state index contributed by atoms with van der Waals surface area (Å²) in [7, 11) is 0. The fraction of sp³-hybridized carbons (Fsp3) is 0.125. The molecule has 0 spiro atoms. The third kappa shape index (κ3) is 2.92. The molecule has 1 unspecified atom stereocenters. The molecular formula is C16H12ClFN2O2S. The number of imide groups is 1. The lowest BCUT2D eigenvalue weighted by Crippen LogP contribution is -2.32. The maximum absolute atomic E-state index is 14.0. The molecule has 1 atom stereocenters. The summed E-state index contributed by atoms with van der Waals surface area (Å²) < 4.78 is 14.0. The molecule has 1 aliphatic rings. The van der Waals surface area contributed by atoms with E-state index in [9.17, 15) is 14.0 Å². The molecule has 7 heteroatoms. The number of amides is 2. The van der Waals surface area contributed by atoms with Crippen LogP contribution in [0.4, 0.5) is 15.8 Å². The number of carbonyl (C=O) groups excluding carboxylic acids is 2. The van der Waals surface area contributed by atoms with E-state index >= 15 is 0 Å². The van der Waals surface area contributed by atoms with E-state index in [4.69, 9.17) is 17.3 Å². The highest BCUT2D eigenvalue weighted by molar-refractivity contribution is 8.00. The number of thioether (sulfide) groups is 1. The lowest BCUT2D eigenvalue weighted by Gasteiger charge is -2.17. The Morgan fingerprint density at radius 1 is 1.17 bits per heavy atom. The van der Waals surface area contributed by atoms with Crippen LogP contribution in [0, 0.1) is 5.82 Å². The Balaban J connectivity index is 1.90. The number of halogens is 2. The molecule has 2 aromatic rings. The van der Waals surface area contributed by atoms with Crippen LogP contribution in [0.1, 0.15) is 6.42 Å². The quantitative estimate of drug-likeness (QED) is 0.680. The predicted molar refractivity (Wildman–Crippen MR) is 89.0 cm³/mol. The van der Waals surface area contributed by atoms with Crippen molar-refractivity contribution in [2.45, 2.75) is 16.6 Å². The van der Waals surface area contributed by atoms with Crippen LogP contribution in [-0.2, 0) is 9.59 Å². The van der Waals surface area contributed by atoms with Crippen molar-refractivity contribution in [3.63, 3.8) is 0 Å². The standard InChI is InChI=1S/C16H12ClFN2O2S/c17-9-4-3-5-10(18)15(9)20-14(21)8-13(16(20)22)23-12-7-2-1-6-11(12)19/h1-7,13H,8,19H2. The van der Waals surface area contributed by atoms with E-state index in [1.807, 2.05) is 0 Å². The van der Waals surface area contributed by atoms with E-state index in [1.54, 1.807) is 24.3 Å². The van der Waals surface area contributed by atoms with Crippen LogP contribution < -0.4 is 10.6 Å². The first-order valence-electron chi connectivity index (χ1n) is 6.81. The van der Waals surface area contributed by atoms with Gasteiger partial charge in [-0.05, 0) is 24.3 Å². The van der Waals surface area contributed by atoms with Gasteiger partial charge in [-0.25, -0.2) is 9.29 Å². The lowest BCUT2D eigenvalue weighted by molar-refractivity contribution is -0.121. The first kappa shape index (κ1) is 15.8. The van der Waals surface area contributed by atoms with Crippen molar-refractivity contribution >= 4 is 46.6 Å². The Morgan fingerprint density at radius 2 is 1.91 bits per heavy atom. The molecule has 118 valence electrons. The Morgan fingerprint density at radius 3 is 2.61 bits per heavy atom. The molecule has 1 saturated heterocycles. The van der Waals surface area contributed by atoms with Crippen LogP contribution in [0.15, 0.2) is 47.4 Å². The molecule has 1 heterocycles. The molecule has 1 aliphatic heterocycles. The fourth-order valence-corrected chi connectivity index (χ4v) is 3.72. The number of para-hydroxylation sites is 2. The predicted octanol–water partition coefficient (Wildman–Crippen LogP) is 3.49. The molecule has 2 N–H and O–H groups in total. The highest BCUT2D eigenvalue weighted by Crippen LogP contribution is 2.39.